The molecule has 1 heterocycles. The van der Waals surface area contributed by atoms with Crippen molar-refractivity contribution < 1.29 is 9.36 Å². The van der Waals surface area contributed by atoms with E-state index in [1.165, 1.54) is 10.3 Å². The number of fused-ring (bicyclic) bond motifs is 1. The van der Waals surface area contributed by atoms with E-state index in [9.17, 15) is 4.79 Å². The second-order valence-corrected chi connectivity index (χ2v) is 6.22. The molecule has 3 nitrogen and oxygen atoms in total. The van der Waals surface area contributed by atoms with Crippen LogP contribution < -0.4 is 9.88 Å². The molecule has 1 amide bonds. The quantitative estimate of drug-likeness (QED) is 0.732. The molecule has 2 aromatic carbocycles. The first-order valence-electron chi connectivity index (χ1n) is 7.43. The van der Waals surface area contributed by atoms with E-state index in [4.69, 9.17) is 0 Å². The van der Waals surface area contributed by atoms with Gasteiger partial charge in [0.15, 0.2) is 0 Å². The minimum absolute atomic E-state index is 0.0116. The van der Waals surface area contributed by atoms with Gasteiger partial charge in [0.2, 0.25) is 17.6 Å². The van der Waals surface area contributed by atoms with Crippen LogP contribution in [0.4, 0.5) is 5.69 Å². The topological polar surface area (TPSA) is 33.0 Å². The van der Waals surface area contributed by atoms with Gasteiger partial charge in [0.05, 0.1) is 0 Å². The Balaban J connectivity index is 1.81. The monoisotopic (exact) mass is 311 g/mol. The van der Waals surface area contributed by atoms with Crippen LogP contribution in [0.2, 0.25) is 0 Å². The summed E-state index contributed by atoms with van der Waals surface area (Å²) in [6.45, 7) is 4.47. The number of aryl methyl sites for hydroxylation is 2. The van der Waals surface area contributed by atoms with Crippen molar-refractivity contribution in [1.82, 2.24) is 0 Å². The molecule has 1 N–H and O–H groups in total. The molecule has 22 heavy (non-hydrogen) atoms. The van der Waals surface area contributed by atoms with Gasteiger partial charge in [-0.15, -0.1) is 0 Å². The average Bonchev–Trinajstić information content (AvgIpc) is 2.92. The summed E-state index contributed by atoms with van der Waals surface area (Å²) >= 11 is 1.66. The van der Waals surface area contributed by atoms with Crippen LogP contribution in [0, 0.1) is 6.92 Å². The highest BCUT2D eigenvalue weighted by Crippen LogP contribution is 2.21. The number of aromatic nitrogens is 1. The third-order valence-corrected chi connectivity index (χ3v) is 4.76. The largest absolute Gasteiger partial charge is 0.320 e. The molecule has 4 heteroatoms. The molecule has 1 aromatic heterocycles. The lowest BCUT2D eigenvalue weighted by atomic mass is 10.1. The summed E-state index contributed by atoms with van der Waals surface area (Å²) in [6.07, 6.45) is 0.909. The van der Waals surface area contributed by atoms with E-state index in [2.05, 4.69) is 24.4 Å². The van der Waals surface area contributed by atoms with Crippen molar-refractivity contribution >= 4 is 33.1 Å². The molecule has 0 radical (unpaired) electrons. The Morgan fingerprint density at radius 3 is 2.82 bits per heavy atom. The van der Waals surface area contributed by atoms with Crippen LogP contribution in [-0.2, 0) is 17.8 Å². The third kappa shape index (κ3) is 2.88. The van der Waals surface area contributed by atoms with Crippen molar-refractivity contribution in [3.8, 4) is 0 Å². The van der Waals surface area contributed by atoms with Crippen LogP contribution in [0.15, 0.2) is 48.0 Å². The van der Waals surface area contributed by atoms with Gasteiger partial charge in [-0.25, -0.2) is 0 Å². The van der Waals surface area contributed by atoms with Crippen LogP contribution in [0.25, 0.3) is 10.2 Å². The molecule has 0 atom stereocenters. The lowest BCUT2D eigenvalue weighted by molar-refractivity contribution is -0.653. The van der Waals surface area contributed by atoms with Crippen LogP contribution in [0.1, 0.15) is 18.1 Å². The molecule has 0 saturated carbocycles. The molecular weight excluding hydrogens is 292 g/mol. The summed E-state index contributed by atoms with van der Waals surface area (Å²) in [7, 11) is 0. The number of nitrogens with zero attached hydrogens (tertiary/aromatic N) is 1. The minimum Gasteiger partial charge on any atom is -0.320 e. The number of carbonyl (C=O) groups is 1. The normalized spacial score (nSPS) is 10.8. The molecule has 0 fully saturated rings. The van der Waals surface area contributed by atoms with E-state index < -0.39 is 0 Å². The highest BCUT2D eigenvalue weighted by Gasteiger charge is 2.17. The van der Waals surface area contributed by atoms with E-state index in [0.717, 1.165) is 23.2 Å². The minimum atomic E-state index is 0.0116. The van der Waals surface area contributed by atoms with E-state index in [0.29, 0.717) is 6.54 Å². The van der Waals surface area contributed by atoms with Crippen molar-refractivity contribution in [3.05, 3.63) is 59.1 Å². The second kappa shape index (κ2) is 6.28. The molecule has 112 valence electrons. The van der Waals surface area contributed by atoms with E-state index in [1.807, 2.05) is 47.3 Å². The number of thiazole rings is 1. The summed E-state index contributed by atoms with van der Waals surface area (Å²) in [6, 6.07) is 14.3. The van der Waals surface area contributed by atoms with Crippen molar-refractivity contribution in [2.75, 3.05) is 5.32 Å². The third-order valence-electron chi connectivity index (χ3n) is 3.80. The molecule has 0 aliphatic carbocycles. The molecule has 0 aliphatic rings. The Morgan fingerprint density at radius 1 is 1.18 bits per heavy atom. The van der Waals surface area contributed by atoms with Gasteiger partial charge < -0.3 is 5.32 Å². The van der Waals surface area contributed by atoms with Crippen LogP contribution in [-0.4, -0.2) is 5.91 Å². The zero-order chi connectivity index (χ0) is 15.5. The fourth-order valence-electron chi connectivity index (χ4n) is 2.63. The number of benzene rings is 2. The number of nitrogens with one attached hydrogen (secondary N) is 1. The number of rotatable bonds is 4. The molecule has 3 rings (SSSR count). The first kappa shape index (κ1) is 14.7. The SMILES string of the molecule is CCc1cccc(C)c1NC(=O)C[n+]1csc2ccccc21. The Labute approximate surface area is 134 Å². The summed E-state index contributed by atoms with van der Waals surface area (Å²) in [5, 5.41) is 3.08. The molecule has 0 saturated heterocycles. The van der Waals surface area contributed by atoms with Gasteiger partial charge in [-0.1, -0.05) is 48.6 Å². The molecule has 0 bridgehead atoms. The zero-order valence-corrected chi connectivity index (χ0v) is 13.6. The predicted octanol–water partition coefficient (Wildman–Crippen LogP) is 3.70. The number of hydrogen-bond acceptors (Lipinski definition) is 2. The Hall–Kier alpha value is -2.20. The second-order valence-electron chi connectivity index (χ2n) is 5.33. The summed E-state index contributed by atoms with van der Waals surface area (Å²) in [5.74, 6) is 0.0116. The summed E-state index contributed by atoms with van der Waals surface area (Å²) in [5.41, 5.74) is 6.34. The Kier molecular flexibility index (Phi) is 4.20. The molecule has 3 aromatic rings. The smallest absolute Gasteiger partial charge is 0.290 e. The highest BCUT2D eigenvalue weighted by molar-refractivity contribution is 7.16. The number of para-hydroxylation sites is 2. The van der Waals surface area contributed by atoms with Gasteiger partial charge in [0.25, 0.3) is 5.91 Å². The maximum absolute atomic E-state index is 12.4. The summed E-state index contributed by atoms with van der Waals surface area (Å²) < 4.78 is 3.19. The van der Waals surface area contributed by atoms with Crippen LogP contribution in [0.3, 0.4) is 0 Å². The summed E-state index contributed by atoms with van der Waals surface area (Å²) in [4.78, 5) is 12.4. The molecule has 0 spiro atoms. The Morgan fingerprint density at radius 2 is 2.00 bits per heavy atom. The average molecular weight is 311 g/mol. The van der Waals surface area contributed by atoms with Crippen molar-refractivity contribution in [3.63, 3.8) is 0 Å². The van der Waals surface area contributed by atoms with Crippen molar-refractivity contribution in [1.29, 1.82) is 0 Å². The van der Waals surface area contributed by atoms with Crippen molar-refractivity contribution in [2.24, 2.45) is 0 Å². The number of carbonyl (C=O) groups excluding carboxylic acids is 1. The zero-order valence-electron chi connectivity index (χ0n) is 12.8. The molecule has 0 aliphatic heterocycles. The fourth-order valence-corrected chi connectivity index (χ4v) is 3.52. The van der Waals surface area contributed by atoms with Crippen LogP contribution >= 0.6 is 11.3 Å². The highest BCUT2D eigenvalue weighted by atomic mass is 32.1. The van der Waals surface area contributed by atoms with Gasteiger partial charge in [-0.05, 0) is 30.5 Å². The standard InChI is InChI=1S/C18H18N2OS/c1-3-14-8-6-7-13(2)18(14)19-17(21)11-20-12-22-16-10-5-4-9-15(16)20/h4-10,12H,3,11H2,1-2H3/p+1. The lowest BCUT2D eigenvalue weighted by Crippen LogP contribution is -2.39. The first-order chi connectivity index (χ1) is 10.7. The fraction of sp³-hybridized carbons (Fsp3) is 0.222. The van der Waals surface area contributed by atoms with Gasteiger partial charge >= 0.3 is 0 Å². The first-order valence-corrected chi connectivity index (χ1v) is 8.31. The molecular formula is C18H19N2OS+. The number of hydrogen-bond donors (Lipinski definition) is 1. The van der Waals surface area contributed by atoms with Gasteiger partial charge in [-0.3, -0.25) is 4.79 Å². The maximum Gasteiger partial charge on any atom is 0.290 e. The van der Waals surface area contributed by atoms with Gasteiger partial charge in [0, 0.05) is 11.8 Å². The van der Waals surface area contributed by atoms with Crippen molar-refractivity contribution in [2.45, 2.75) is 26.8 Å². The number of anilines is 1. The Bertz CT molecular complexity index is 823. The van der Waals surface area contributed by atoms with Gasteiger partial charge in [-0.2, -0.15) is 4.57 Å². The van der Waals surface area contributed by atoms with E-state index >= 15 is 0 Å². The van der Waals surface area contributed by atoms with E-state index in [-0.39, 0.29) is 5.91 Å². The number of amides is 1. The molecule has 0 unspecified atom stereocenters. The van der Waals surface area contributed by atoms with Gasteiger partial charge in [0.1, 0.15) is 4.70 Å². The van der Waals surface area contributed by atoms with E-state index in [1.54, 1.807) is 11.3 Å². The van der Waals surface area contributed by atoms with Crippen LogP contribution in [0.5, 0.6) is 0 Å². The lowest BCUT2D eigenvalue weighted by Gasteiger charge is -2.11. The predicted molar refractivity (Wildman–Crippen MR) is 91.2 cm³/mol. The maximum atomic E-state index is 12.4.